The lowest BCUT2D eigenvalue weighted by Crippen LogP contribution is -2.57. The highest BCUT2D eigenvalue weighted by molar-refractivity contribution is 9.09. The van der Waals surface area contributed by atoms with Gasteiger partial charge < -0.3 is 34.4 Å². The van der Waals surface area contributed by atoms with Crippen LogP contribution in [0.4, 0.5) is 5.69 Å². The summed E-state index contributed by atoms with van der Waals surface area (Å²) in [5, 5.41) is 12.9. The van der Waals surface area contributed by atoms with Crippen LogP contribution in [-0.2, 0) is 33.4 Å². The summed E-state index contributed by atoms with van der Waals surface area (Å²) in [5.74, 6) is -3.84. The van der Waals surface area contributed by atoms with Gasteiger partial charge in [0.1, 0.15) is 17.7 Å². The number of allylic oxidation sites excluding steroid dienone is 1. The molecule has 0 radical (unpaired) electrons. The van der Waals surface area contributed by atoms with Gasteiger partial charge in [0.25, 0.3) is 5.91 Å². The third kappa shape index (κ3) is 7.80. The number of alkyl halides is 1. The number of carbonyl (C=O) groups is 4. The van der Waals surface area contributed by atoms with Crippen molar-refractivity contribution in [2.45, 2.75) is 66.8 Å². The number of likely N-dealkylation sites (tertiary alicyclic amines) is 1. The monoisotopic (exact) mass is 785 g/mol. The third-order valence-corrected chi connectivity index (χ3v) is 11.0. The summed E-state index contributed by atoms with van der Waals surface area (Å²) in [5.41, 5.74) is -0.276. The van der Waals surface area contributed by atoms with Gasteiger partial charge in [0, 0.05) is 38.1 Å². The molecule has 3 fully saturated rings. The molecule has 0 saturated carbocycles. The molecule has 3 aliphatic rings. The number of unbranched alkanes of at least 4 members (excludes halogenated alkanes) is 1. The first kappa shape index (κ1) is 38.7. The fourth-order valence-electron chi connectivity index (χ4n) is 7.69. The SMILES string of the molecule is C=CCCC(=O)N[C@H](COC)[C@H](OC(=O)[C@@H]1[C@H]2O[C@@]3(CC2Br)[C@H](C(=O)N(CC=C)c2ccccc2Cl)N(CCCCO)C(=O)[C@@H]13)c1ccccc1. The Balaban J connectivity index is 1.52. The van der Waals surface area contributed by atoms with Gasteiger partial charge in [0.05, 0.1) is 41.3 Å². The van der Waals surface area contributed by atoms with Crippen molar-refractivity contribution in [3.63, 3.8) is 0 Å². The van der Waals surface area contributed by atoms with E-state index in [2.05, 4.69) is 34.4 Å². The largest absolute Gasteiger partial charge is 0.455 e. The number of aliphatic hydroxyl groups excluding tert-OH is 1. The van der Waals surface area contributed by atoms with Crippen LogP contribution in [0, 0.1) is 11.8 Å². The Morgan fingerprint density at radius 3 is 2.55 bits per heavy atom. The summed E-state index contributed by atoms with van der Waals surface area (Å²) in [4.78, 5) is 59.4. The highest BCUT2D eigenvalue weighted by Gasteiger charge is 2.77. The summed E-state index contributed by atoms with van der Waals surface area (Å²) in [6.07, 6.45) is 3.30. The van der Waals surface area contributed by atoms with E-state index >= 15 is 0 Å². The first-order valence-corrected chi connectivity index (χ1v) is 18.5. The van der Waals surface area contributed by atoms with Crippen LogP contribution in [0.1, 0.15) is 43.8 Å². The van der Waals surface area contributed by atoms with Gasteiger partial charge in [0.2, 0.25) is 11.8 Å². The second-order valence-electron chi connectivity index (χ2n) is 13.0. The van der Waals surface area contributed by atoms with E-state index in [1.807, 2.05) is 6.07 Å². The number of anilines is 1. The zero-order valence-corrected chi connectivity index (χ0v) is 31.0. The number of halogens is 2. The summed E-state index contributed by atoms with van der Waals surface area (Å²) in [6.45, 7) is 7.77. The number of fused-ring (bicyclic) bond motifs is 1. The average Bonchev–Trinajstić information content (AvgIpc) is 3.72. The Morgan fingerprint density at radius 2 is 1.88 bits per heavy atom. The second-order valence-corrected chi connectivity index (χ2v) is 14.6. The molecule has 1 spiro atoms. The molecule has 1 unspecified atom stereocenters. The smallest absolute Gasteiger partial charge is 0.313 e. The fraction of sp³-hybridized carbons (Fsp3) is 0.474. The topological polar surface area (TPSA) is 135 Å². The van der Waals surface area contributed by atoms with Gasteiger partial charge in [-0.05, 0) is 43.4 Å². The Kier molecular flexibility index (Phi) is 13.1. The van der Waals surface area contributed by atoms with Crippen LogP contribution in [0.25, 0.3) is 0 Å². The number of benzene rings is 2. The summed E-state index contributed by atoms with van der Waals surface area (Å²) in [6, 6.07) is 14.1. The van der Waals surface area contributed by atoms with E-state index in [9.17, 15) is 24.3 Å². The molecule has 3 saturated heterocycles. The molecule has 2 N–H and O–H groups in total. The van der Waals surface area contributed by atoms with E-state index in [-0.39, 0.29) is 43.5 Å². The lowest BCUT2D eigenvalue weighted by Gasteiger charge is -2.37. The van der Waals surface area contributed by atoms with E-state index in [4.69, 9.17) is 25.8 Å². The van der Waals surface area contributed by atoms with Gasteiger partial charge in [-0.25, -0.2) is 0 Å². The van der Waals surface area contributed by atoms with Gasteiger partial charge in [-0.15, -0.1) is 13.2 Å². The van der Waals surface area contributed by atoms with E-state index < -0.39 is 59.5 Å². The molecule has 11 nitrogen and oxygen atoms in total. The third-order valence-electron chi connectivity index (χ3n) is 9.83. The van der Waals surface area contributed by atoms with Crippen molar-refractivity contribution in [1.82, 2.24) is 10.2 Å². The Labute approximate surface area is 312 Å². The van der Waals surface area contributed by atoms with Crippen LogP contribution < -0.4 is 10.2 Å². The molecular formula is C38H45BrClN3O8. The highest BCUT2D eigenvalue weighted by Crippen LogP contribution is 2.60. The lowest BCUT2D eigenvalue weighted by molar-refractivity contribution is -0.163. The first-order chi connectivity index (χ1) is 24.6. The quantitative estimate of drug-likeness (QED) is 0.0957. The molecule has 2 aromatic carbocycles. The minimum absolute atomic E-state index is 0.0427. The van der Waals surface area contributed by atoms with Crippen LogP contribution in [0.2, 0.25) is 5.02 Å². The molecule has 2 aromatic rings. The molecule has 274 valence electrons. The number of amides is 3. The number of aliphatic hydroxyl groups is 1. The highest BCUT2D eigenvalue weighted by atomic mass is 79.9. The van der Waals surface area contributed by atoms with Crippen LogP contribution in [0.3, 0.4) is 0 Å². The van der Waals surface area contributed by atoms with Gasteiger partial charge in [-0.3, -0.25) is 19.2 Å². The number of ether oxygens (including phenoxy) is 3. The standard InChI is InChI=1S/C38H45BrClN3O8/c1-4-6-18-29(45)41-27(23-49-3)32(24-14-8-7-9-15-24)50-37(48)30-31-35(46)43(20-12-13-21-44)34(38(31)22-25(39)33(30)51-38)36(47)42(19-5-2)28-17-11-10-16-26(28)40/h4-5,7-11,14-17,25,27,30-34,44H,1-2,6,12-13,18-23H2,3H3,(H,41,45)/t25?,27-,30+,31-,32-,33+,34+,38-/m1/s1. The molecule has 3 heterocycles. The normalized spacial score (nSPS) is 25.9. The van der Waals surface area contributed by atoms with Crippen molar-refractivity contribution >= 4 is 56.9 Å². The maximum absolute atomic E-state index is 14.8. The molecule has 13 heteroatoms. The predicted molar refractivity (Wildman–Crippen MR) is 196 cm³/mol. The summed E-state index contributed by atoms with van der Waals surface area (Å²) < 4.78 is 18.5. The maximum Gasteiger partial charge on any atom is 0.313 e. The van der Waals surface area contributed by atoms with Crippen molar-refractivity contribution in [2.75, 3.05) is 38.3 Å². The fourth-order valence-corrected chi connectivity index (χ4v) is 8.87. The molecule has 0 aromatic heterocycles. The maximum atomic E-state index is 14.8. The minimum Gasteiger partial charge on any atom is -0.455 e. The average molecular weight is 787 g/mol. The number of hydrogen-bond acceptors (Lipinski definition) is 8. The molecule has 5 rings (SSSR count). The van der Waals surface area contributed by atoms with Crippen LogP contribution in [0.5, 0.6) is 0 Å². The predicted octanol–water partition coefficient (Wildman–Crippen LogP) is 4.76. The van der Waals surface area contributed by atoms with E-state index in [1.54, 1.807) is 60.7 Å². The number of rotatable bonds is 18. The Morgan fingerprint density at radius 1 is 1.16 bits per heavy atom. The summed E-state index contributed by atoms with van der Waals surface area (Å²) in [7, 11) is 1.49. The van der Waals surface area contributed by atoms with Gasteiger partial charge in [-0.1, -0.05) is 82.1 Å². The Bertz CT molecular complexity index is 1600. The zero-order valence-electron chi connectivity index (χ0n) is 28.6. The van der Waals surface area contributed by atoms with Gasteiger partial charge >= 0.3 is 5.97 Å². The summed E-state index contributed by atoms with van der Waals surface area (Å²) >= 11 is 10.3. The number of esters is 1. The number of hydrogen-bond donors (Lipinski definition) is 2. The molecular weight excluding hydrogens is 742 g/mol. The molecule has 51 heavy (non-hydrogen) atoms. The molecule has 2 bridgehead atoms. The molecule has 3 aliphatic heterocycles. The van der Waals surface area contributed by atoms with Gasteiger partial charge in [-0.2, -0.15) is 0 Å². The van der Waals surface area contributed by atoms with E-state index in [0.717, 1.165) is 0 Å². The second kappa shape index (κ2) is 17.3. The first-order valence-electron chi connectivity index (χ1n) is 17.2. The van der Waals surface area contributed by atoms with Crippen LogP contribution >= 0.6 is 27.5 Å². The van der Waals surface area contributed by atoms with Crippen LogP contribution in [-0.4, -0.2) is 95.7 Å². The lowest BCUT2D eigenvalue weighted by atomic mass is 9.70. The minimum atomic E-state index is -1.36. The number of nitrogens with one attached hydrogen (secondary N) is 1. The number of para-hydroxylation sites is 1. The van der Waals surface area contributed by atoms with Crippen LogP contribution in [0.15, 0.2) is 79.9 Å². The van der Waals surface area contributed by atoms with E-state index in [1.165, 1.54) is 16.9 Å². The van der Waals surface area contributed by atoms with Crippen molar-refractivity contribution in [3.8, 4) is 0 Å². The van der Waals surface area contributed by atoms with Crippen molar-refractivity contribution in [1.29, 1.82) is 0 Å². The van der Waals surface area contributed by atoms with Crippen molar-refractivity contribution in [2.24, 2.45) is 11.8 Å². The Hall–Kier alpha value is -3.55. The number of methoxy groups -OCH3 is 1. The van der Waals surface area contributed by atoms with Crippen molar-refractivity contribution < 1.29 is 38.5 Å². The van der Waals surface area contributed by atoms with Crippen molar-refractivity contribution in [3.05, 3.63) is 90.5 Å². The molecule has 0 aliphatic carbocycles. The van der Waals surface area contributed by atoms with E-state index in [0.29, 0.717) is 42.0 Å². The number of nitrogens with zero attached hydrogens (tertiary/aromatic N) is 2. The van der Waals surface area contributed by atoms with Gasteiger partial charge in [0.15, 0.2) is 0 Å². The number of carbonyl (C=O) groups excluding carboxylic acids is 4. The molecule has 8 atom stereocenters. The zero-order chi connectivity index (χ0) is 36.7. The molecule has 3 amide bonds.